The smallest absolute Gasteiger partial charge is 0.377 e. The van der Waals surface area contributed by atoms with Crippen molar-refractivity contribution in [3.8, 4) is 0 Å². The summed E-state index contributed by atoms with van der Waals surface area (Å²) in [6.07, 6.45) is 2.55. The molecular formula is C10H16N4O3. The molecule has 0 aliphatic rings. The molecule has 0 aliphatic heterocycles. The van der Waals surface area contributed by atoms with Gasteiger partial charge in [-0.3, -0.25) is 9.48 Å². The molecule has 0 saturated carbocycles. The van der Waals surface area contributed by atoms with Crippen molar-refractivity contribution in [1.82, 2.24) is 19.7 Å². The summed E-state index contributed by atoms with van der Waals surface area (Å²) >= 11 is 0. The van der Waals surface area contributed by atoms with Crippen LogP contribution in [0.3, 0.4) is 0 Å². The Bertz CT molecular complexity index is 400. The maximum atomic E-state index is 11.3. The number of amides is 1. The summed E-state index contributed by atoms with van der Waals surface area (Å²) in [4.78, 5) is 27.7. The molecule has 1 rings (SSSR count). The lowest BCUT2D eigenvalue weighted by Gasteiger charge is -2.09. The maximum absolute atomic E-state index is 11.3. The van der Waals surface area contributed by atoms with Gasteiger partial charge in [0.05, 0.1) is 7.11 Å². The normalized spacial score (nSPS) is 10.1. The van der Waals surface area contributed by atoms with E-state index in [1.165, 1.54) is 18.1 Å². The van der Waals surface area contributed by atoms with E-state index in [1.54, 1.807) is 19.0 Å². The highest BCUT2D eigenvalue weighted by Crippen LogP contribution is 1.98. The standard InChI is InChI=1S/C10H16N4O3/c1-13(2)8(15)5-4-6-14-7-11-9(12-14)10(16)17-3/h7H,4-6H2,1-3H3. The second-order valence-corrected chi connectivity index (χ2v) is 3.71. The van der Waals surface area contributed by atoms with Gasteiger partial charge in [-0.15, -0.1) is 5.10 Å². The number of hydrogen-bond donors (Lipinski definition) is 0. The molecule has 0 aliphatic carbocycles. The van der Waals surface area contributed by atoms with Gasteiger partial charge in [0.15, 0.2) is 0 Å². The summed E-state index contributed by atoms with van der Waals surface area (Å²) in [7, 11) is 4.71. The number of carbonyl (C=O) groups excluding carboxylic acids is 2. The number of ether oxygens (including phenoxy) is 1. The van der Waals surface area contributed by atoms with Crippen LogP contribution in [-0.2, 0) is 16.1 Å². The third kappa shape index (κ3) is 3.86. The van der Waals surface area contributed by atoms with Crippen LogP contribution in [0.25, 0.3) is 0 Å². The number of hydrogen-bond acceptors (Lipinski definition) is 5. The van der Waals surface area contributed by atoms with Gasteiger partial charge in [-0.1, -0.05) is 0 Å². The lowest BCUT2D eigenvalue weighted by atomic mass is 10.3. The predicted molar refractivity (Wildman–Crippen MR) is 59.3 cm³/mol. The molecule has 0 spiro atoms. The third-order valence-corrected chi connectivity index (χ3v) is 2.18. The largest absolute Gasteiger partial charge is 0.463 e. The summed E-state index contributed by atoms with van der Waals surface area (Å²) in [5, 5.41) is 3.93. The Morgan fingerprint density at radius 3 is 2.76 bits per heavy atom. The summed E-state index contributed by atoms with van der Waals surface area (Å²) in [5.74, 6) is -0.460. The van der Waals surface area contributed by atoms with Crippen LogP contribution in [0.2, 0.25) is 0 Å². The average Bonchev–Trinajstić information content (AvgIpc) is 2.76. The fourth-order valence-electron chi connectivity index (χ4n) is 1.20. The van der Waals surface area contributed by atoms with Crippen LogP contribution in [-0.4, -0.2) is 52.7 Å². The first-order valence-corrected chi connectivity index (χ1v) is 5.22. The Balaban J connectivity index is 2.40. The Morgan fingerprint density at radius 1 is 1.47 bits per heavy atom. The minimum Gasteiger partial charge on any atom is -0.463 e. The number of aromatic nitrogens is 3. The van der Waals surface area contributed by atoms with Gasteiger partial charge in [0, 0.05) is 27.1 Å². The number of esters is 1. The Morgan fingerprint density at radius 2 is 2.18 bits per heavy atom. The molecule has 0 bridgehead atoms. The predicted octanol–water partition coefficient (Wildman–Crippen LogP) is -0.0669. The highest BCUT2D eigenvalue weighted by atomic mass is 16.5. The van der Waals surface area contributed by atoms with Gasteiger partial charge < -0.3 is 9.64 Å². The SMILES string of the molecule is COC(=O)c1ncn(CCCC(=O)N(C)C)n1. The van der Waals surface area contributed by atoms with Crippen molar-refractivity contribution in [2.45, 2.75) is 19.4 Å². The first-order chi connectivity index (χ1) is 8.04. The lowest BCUT2D eigenvalue weighted by Crippen LogP contribution is -2.21. The van der Waals surface area contributed by atoms with Crippen LogP contribution >= 0.6 is 0 Å². The van der Waals surface area contributed by atoms with Crippen molar-refractivity contribution in [3.05, 3.63) is 12.2 Å². The van der Waals surface area contributed by atoms with Crippen LogP contribution in [0.1, 0.15) is 23.5 Å². The summed E-state index contributed by atoms with van der Waals surface area (Å²) in [6, 6.07) is 0. The molecular weight excluding hydrogens is 224 g/mol. The fraction of sp³-hybridized carbons (Fsp3) is 0.600. The zero-order chi connectivity index (χ0) is 12.8. The number of nitrogens with zero attached hydrogens (tertiary/aromatic N) is 4. The number of methoxy groups -OCH3 is 1. The van der Waals surface area contributed by atoms with Crippen molar-refractivity contribution in [3.63, 3.8) is 0 Å². The molecule has 7 heteroatoms. The van der Waals surface area contributed by atoms with E-state index in [0.717, 1.165) is 0 Å². The topological polar surface area (TPSA) is 77.3 Å². The average molecular weight is 240 g/mol. The molecule has 1 amide bonds. The highest BCUT2D eigenvalue weighted by molar-refractivity contribution is 5.84. The Kier molecular flexibility index (Phi) is 4.62. The fourth-order valence-corrected chi connectivity index (χ4v) is 1.20. The van der Waals surface area contributed by atoms with E-state index in [1.807, 2.05) is 0 Å². The quantitative estimate of drug-likeness (QED) is 0.673. The number of aryl methyl sites for hydroxylation is 1. The van der Waals surface area contributed by atoms with Crippen molar-refractivity contribution >= 4 is 11.9 Å². The molecule has 1 aromatic rings. The van der Waals surface area contributed by atoms with E-state index >= 15 is 0 Å². The van der Waals surface area contributed by atoms with Crippen LogP contribution < -0.4 is 0 Å². The molecule has 0 aromatic carbocycles. The van der Waals surface area contributed by atoms with Crippen LogP contribution in [0.5, 0.6) is 0 Å². The second kappa shape index (κ2) is 5.97. The minimum atomic E-state index is -0.562. The van der Waals surface area contributed by atoms with E-state index in [0.29, 0.717) is 19.4 Å². The molecule has 7 nitrogen and oxygen atoms in total. The van der Waals surface area contributed by atoms with E-state index < -0.39 is 5.97 Å². The number of rotatable bonds is 5. The highest BCUT2D eigenvalue weighted by Gasteiger charge is 2.11. The van der Waals surface area contributed by atoms with Gasteiger partial charge in [0.2, 0.25) is 5.91 Å². The van der Waals surface area contributed by atoms with Gasteiger partial charge in [-0.05, 0) is 6.42 Å². The van der Waals surface area contributed by atoms with Crippen molar-refractivity contribution in [1.29, 1.82) is 0 Å². The molecule has 0 unspecified atom stereocenters. The van der Waals surface area contributed by atoms with Gasteiger partial charge >= 0.3 is 5.97 Å². The molecule has 0 N–H and O–H groups in total. The maximum Gasteiger partial charge on any atom is 0.377 e. The molecule has 17 heavy (non-hydrogen) atoms. The summed E-state index contributed by atoms with van der Waals surface area (Å²) < 4.78 is 6.01. The minimum absolute atomic E-state index is 0.0337. The van der Waals surface area contributed by atoms with Gasteiger partial charge in [0.25, 0.3) is 5.82 Å². The van der Waals surface area contributed by atoms with Crippen molar-refractivity contribution in [2.24, 2.45) is 0 Å². The first-order valence-electron chi connectivity index (χ1n) is 5.22. The van der Waals surface area contributed by atoms with E-state index in [-0.39, 0.29) is 11.7 Å². The molecule has 1 aromatic heterocycles. The monoisotopic (exact) mass is 240 g/mol. The Labute approximate surface area is 99.4 Å². The molecule has 0 fully saturated rings. The zero-order valence-corrected chi connectivity index (χ0v) is 10.2. The van der Waals surface area contributed by atoms with Gasteiger partial charge in [-0.25, -0.2) is 9.78 Å². The second-order valence-electron chi connectivity index (χ2n) is 3.71. The number of carbonyl (C=O) groups is 2. The zero-order valence-electron chi connectivity index (χ0n) is 10.2. The van der Waals surface area contributed by atoms with Crippen molar-refractivity contribution < 1.29 is 14.3 Å². The van der Waals surface area contributed by atoms with Crippen molar-refractivity contribution in [2.75, 3.05) is 21.2 Å². The molecule has 94 valence electrons. The van der Waals surface area contributed by atoms with Gasteiger partial charge in [0.1, 0.15) is 6.33 Å². The lowest BCUT2D eigenvalue weighted by molar-refractivity contribution is -0.128. The first kappa shape index (κ1) is 13.1. The Hall–Kier alpha value is -1.92. The van der Waals surface area contributed by atoms with Crippen LogP contribution in [0.4, 0.5) is 0 Å². The van der Waals surface area contributed by atoms with E-state index in [9.17, 15) is 9.59 Å². The molecule has 0 radical (unpaired) electrons. The van der Waals surface area contributed by atoms with E-state index in [4.69, 9.17) is 0 Å². The summed E-state index contributed by atoms with van der Waals surface area (Å²) in [5.41, 5.74) is 0. The van der Waals surface area contributed by atoms with Crippen LogP contribution in [0.15, 0.2) is 6.33 Å². The van der Waals surface area contributed by atoms with Crippen LogP contribution in [0, 0.1) is 0 Å². The van der Waals surface area contributed by atoms with E-state index in [2.05, 4.69) is 14.8 Å². The molecule has 1 heterocycles. The van der Waals surface area contributed by atoms with Gasteiger partial charge in [-0.2, -0.15) is 0 Å². The third-order valence-electron chi connectivity index (χ3n) is 2.18. The molecule has 0 saturated heterocycles. The summed E-state index contributed by atoms with van der Waals surface area (Å²) in [6.45, 7) is 0.545. The molecule has 0 atom stereocenters.